The molecule has 0 amide bonds. The van der Waals surface area contributed by atoms with E-state index in [-0.39, 0.29) is 6.04 Å². The molecule has 25 heavy (non-hydrogen) atoms. The van der Waals surface area contributed by atoms with Crippen molar-refractivity contribution in [3.05, 3.63) is 11.3 Å². The van der Waals surface area contributed by atoms with E-state index in [0.717, 1.165) is 19.3 Å². The molecule has 0 aromatic carbocycles. The molecule has 0 aromatic heterocycles. The Morgan fingerprint density at radius 2 is 1.84 bits per heavy atom. The van der Waals surface area contributed by atoms with E-state index in [1.165, 1.54) is 44.2 Å². The lowest BCUT2D eigenvalue weighted by Gasteiger charge is -2.37. The molecule has 2 saturated carbocycles. The van der Waals surface area contributed by atoms with Crippen LogP contribution < -0.4 is 5.32 Å². The van der Waals surface area contributed by atoms with E-state index in [1.54, 1.807) is 5.57 Å². The first-order valence-electron chi connectivity index (χ1n) is 10.7. The van der Waals surface area contributed by atoms with E-state index in [1.807, 2.05) is 0 Å². The number of allylic oxidation sites excluding steroid dienone is 2. The summed E-state index contributed by atoms with van der Waals surface area (Å²) >= 11 is 0. The summed E-state index contributed by atoms with van der Waals surface area (Å²) in [4.78, 5) is 12.8. The maximum absolute atomic E-state index is 12.8. The molecule has 0 bridgehead atoms. The molecule has 1 N–H and O–H groups in total. The number of Topliss-reactive ketones (excluding diaryl/α,β-unsaturated/α-hetero) is 1. The van der Waals surface area contributed by atoms with Crippen LogP contribution in [-0.2, 0) is 4.79 Å². The molecule has 0 heterocycles. The van der Waals surface area contributed by atoms with Crippen molar-refractivity contribution in [3.63, 3.8) is 0 Å². The fourth-order valence-corrected chi connectivity index (χ4v) is 3.96. The van der Waals surface area contributed by atoms with Gasteiger partial charge in [-0.25, -0.2) is 0 Å². The van der Waals surface area contributed by atoms with Gasteiger partial charge in [0, 0.05) is 18.0 Å². The van der Waals surface area contributed by atoms with Gasteiger partial charge in [0.15, 0.2) is 5.78 Å². The minimum atomic E-state index is 0.0370. The second-order valence-electron chi connectivity index (χ2n) is 10.1. The number of carbonyl (C=O) groups is 1. The molecule has 144 valence electrons. The second-order valence-corrected chi connectivity index (χ2v) is 10.1. The molecule has 0 radical (unpaired) electrons. The third kappa shape index (κ3) is 6.46. The summed E-state index contributed by atoms with van der Waals surface area (Å²) in [7, 11) is 0. The average molecular weight is 348 g/mol. The highest BCUT2D eigenvalue weighted by molar-refractivity contribution is 5.84. The first-order chi connectivity index (χ1) is 11.7. The maximum atomic E-state index is 12.8. The first kappa shape index (κ1) is 20.5. The lowest BCUT2D eigenvalue weighted by Crippen LogP contribution is -2.41. The lowest BCUT2D eigenvalue weighted by molar-refractivity contribution is -0.121. The number of hydrogen-bond acceptors (Lipinski definition) is 2. The van der Waals surface area contributed by atoms with Crippen molar-refractivity contribution in [3.8, 4) is 0 Å². The van der Waals surface area contributed by atoms with Crippen LogP contribution >= 0.6 is 0 Å². The Labute approximate surface area is 156 Å². The minimum Gasteiger partial charge on any atom is -0.378 e. The van der Waals surface area contributed by atoms with Gasteiger partial charge in [0.25, 0.3) is 0 Å². The molecule has 2 unspecified atom stereocenters. The molecule has 2 aliphatic carbocycles. The van der Waals surface area contributed by atoms with Crippen LogP contribution in [0.2, 0.25) is 0 Å². The molecular formula is C23H41NO. The zero-order valence-electron chi connectivity index (χ0n) is 17.6. The van der Waals surface area contributed by atoms with E-state index in [4.69, 9.17) is 0 Å². The summed E-state index contributed by atoms with van der Waals surface area (Å²) in [6.45, 7) is 13.9. The van der Waals surface area contributed by atoms with Crippen molar-refractivity contribution in [2.75, 3.05) is 0 Å². The van der Waals surface area contributed by atoms with Gasteiger partial charge >= 0.3 is 0 Å². The highest BCUT2D eigenvalue weighted by atomic mass is 16.1. The van der Waals surface area contributed by atoms with E-state index in [9.17, 15) is 4.79 Å². The van der Waals surface area contributed by atoms with Gasteiger partial charge in [0.05, 0.1) is 6.04 Å². The molecule has 0 spiro atoms. The number of nitrogens with one attached hydrogen (secondary N) is 1. The molecule has 2 fully saturated rings. The summed E-state index contributed by atoms with van der Waals surface area (Å²) < 4.78 is 0. The Morgan fingerprint density at radius 1 is 1.20 bits per heavy atom. The highest BCUT2D eigenvalue weighted by Gasteiger charge is 2.33. The Morgan fingerprint density at radius 3 is 2.24 bits per heavy atom. The topological polar surface area (TPSA) is 29.1 Å². The van der Waals surface area contributed by atoms with E-state index in [2.05, 4.69) is 46.9 Å². The summed E-state index contributed by atoms with van der Waals surface area (Å²) in [5, 5.41) is 3.82. The van der Waals surface area contributed by atoms with Gasteiger partial charge in [0.2, 0.25) is 0 Å². The average Bonchev–Trinajstić information content (AvgIpc) is 3.24. The van der Waals surface area contributed by atoms with Crippen molar-refractivity contribution in [1.29, 1.82) is 0 Å². The molecule has 2 nitrogen and oxygen atoms in total. The highest BCUT2D eigenvalue weighted by Crippen LogP contribution is 2.39. The third-order valence-electron chi connectivity index (χ3n) is 5.83. The predicted octanol–water partition coefficient (Wildman–Crippen LogP) is 6.26. The third-order valence-corrected chi connectivity index (χ3v) is 5.83. The van der Waals surface area contributed by atoms with E-state index >= 15 is 0 Å². The smallest absolute Gasteiger partial charge is 0.155 e. The Kier molecular flexibility index (Phi) is 7.17. The molecule has 2 aliphatic rings. The molecule has 2 rings (SSSR count). The van der Waals surface area contributed by atoms with Crippen LogP contribution in [0.1, 0.15) is 99.3 Å². The number of hydrogen-bond donors (Lipinski definition) is 1. The van der Waals surface area contributed by atoms with E-state index < -0.39 is 0 Å². The minimum absolute atomic E-state index is 0.0370. The van der Waals surface area contributed by atoms with Gasteiger partial charge in [-0.3, -0.25) is 4.79 Å². The van der Waals surface area contributed by atoms with Gasteiger partial charge < -0.3 is 5.32 Å². The van der Waals surface area contributed by atoms with Gasteiger partial charge in [-0.15, -0.1) is 0 Å². The van der Waals surface area contributed by atoms with Gasteiger partial charge in [0.1, 0.15) is 0 Å². The fraction of sp³-hybridized carbons (Fsp3) is 0.870. The maximum Gasteiger partial charge on any atom is 0.155 e. The summed E-state index contributed by atoms with van der Waals surface area (Å²) in [6, 6.07) is 0.0370. The van der Waals surface area contributed by atoms with Crippen LogP contribution in [0.3, 0.4) is 0 Å². The zero-order valence-corrected chi connectivity index (χ0v) is 17.6. The van der Waals surface area contributed by atoms with Crippen molar-refractivity contribution in [2.24, 2.45) is 23.2 Å². The number of rotatable bonds is 10. The first-order valence-corrected chi connectivity index (χ1v) is 10.7. The summed E-state index contributed by atoms with van der Waals surface area (Å²) in [5.41, 5.74) is 3.35. The largest absolute Gasteiger partial charge is 0.378 e. The summed E-state index contributed by atoms with van der Waals surface area (Å²) in [6.07, 6.45) is 10.3. The lowest BCUT2D eigenvalue weighted by atomic mass is 9.74. The Hall–Kier alpha value is -0.790. The Bertz CT molecular complexity index is 473. The zero-order chi connectivity index (χ0) is 18.6. The molecule has 0 aromatic rings. The number of ketones is 1. The number of carbonyl (C=O) groups excluding carboxylic acids is 1. The monoisotopic (exact) mass is 347 g/mol. The van der Waals surface area contributed by atoms with Crippen molar-refractivity contribution in [2.45, 2.75) is 105 Å². The van der Waals surface area contributed by atoms with Crippen LogP contribution in [0.5, 0.6) is 0 Å². The van der Waals surface area contributed by atoms with Crippen LogP contribution in [0.15, 0.2) is 11.3 Å². The quantitative estimate of drug-likeness (QED) is 0.505. The van der Waals surface area contributed by atoms with Crippen molar-refractivity contribution in [1.82, 2.24) is 5.32 Å². The second kappa shape index (κ2) is 8.73. The van der Waals surface area contributed by atoms with E-state index in [0.29, 0.717) is 29.0 Å². The SMILES string of the molecule is CCCC(NC(=C1CCC1)C(CC(C)(C)C)C(C)C)C(=O)CC1CC1. The molecule has 2 heteroatoms. The standard InChI is InChI=1S/C23H41NO/c1-7-9-20(21(25)14-17-12-13-17)24-22(18-10-8-11-18)19(16(2)3)15-23(4,5)6/h16-17,19-20,24H,7-15H2,1-6H3. The molecular weight excluding hydrogens is 306 g/mol. The molecule has 2 atom stereocenters. The van der Waals surface area contributed by atoms with Crippen LogP contribution in [0.25, 0.3) is 0 Å². The normalized spacial score (nSPS) is 20.2. The van der Waals surface area contributed by atoms with Crippen LogP contribution in [-0.4, -0.2) is 11.8 Å². The predicted molar refractivity (Wildman–Crippen MR) is 107 cm³/mol. The van der Waals surface area contributed by atoms with Crippen molar-refractivity contribution >= 4 is 5.78 Å². The molecule has 0 aliphatic heterocycles. The van der Waals surface area contributed by atoms with Crippen LogP contribution in [0, 0.1) is 23.2 Å². The fourth-order valence-electron chi connectivity index (χ4n) is 3.96. The van der Waals surface area contributed by atoms with Gasteiger partial charge in [-0.1, -0.05) is 53.5 Å². The Balaban J connectivity index is 2.18. The molecule has 0 saturated heterocycles. The van der Waals surface area contributed by atoms with Gasteiger partial charge in [-0.2, -0.15) is 0 Å². The summed E-state index contributed by atoms with van der Waals surface area (Å²) in [5.74, 6) is 2.29. The van der Waals surface area contributed by atoms with Crippen LogP contribution in [0.4, 0.5) is 0 Å². The van der Waals surface area contributed by atoms with Crippen molar-refractivity contribution < 1.29 is 4.79 Å². The van der Waals surface area contributed by atoms with Gasteiger partial charge in [-0.05, 0) is 62.2 Å².